The van der Waals surface area contributed by atoms with Gasteiger partial charge in [-0.25, -0.2) is 4.68 Å². The Hall–Kier alpha value is -3.18. The van der Waals surface area contributed by atoms with E-state index in [9.17, 15) is 0 Å². The Balaban J connectivity index is 1.38. The topological polar surface area (TPSA) is 47.7 Å². The molecule has 0 radical (unpaired) electrons. The minimum Gasteiger partial charge on any atom is -0.308 e. The van der Waals surface area contributed by atoms with Crippen molar-refractivity contribution in [2.75, 3.05) is 0 Å². The van der Waals surface area contributed by atoms with Crippen molar-refractivity contribution < 1.29 is 0 Å². The summed E-state index contributed by atoms with van der Waals surface area (Å²) < 4.78 is 4.00. The third kappa shape index (κ3) is 4.05. The second kappa shape index (κ2) is 8.23. The maximum atomic E-state index is 4.74. The van der Waals surface area contributed by atoms with Gasteiger partial charge in [0.2, 0.25) is 0 Å². The molecular formula is C23H25N5. The highest BCUT2D eigenvalue weighted by molar-refractivity contribution is 5.31. The number of para-hydroxylation sites is 1. The van der Waals surface area contributed by atoms with Gasteiger partial charge in [0.25, 0.3) is 0 Å². The molecule has 0 amide bonds. The van der Waals surface area contributed by atoms with Crippen LogP contribution >= 0.6 is 0 Å². The van der Waals surface area contributed by atoms with E-state index in [0.717, 1.165) is 36.6 Å². The van der Waals surface area contributed by atoms with Crippen LogP contribution in [0.25, 0.3) is 5.69 Å². The molecule has 4 aromatic rings. The van der Waals surface area contributed by atoms with Gasteiger partial charge >= 0.3 is 0 Å². The number of aryl methyl sites for hydroxylation is 1. The molecule has 0 spiro atoms. The van der Waals surface area contributed by atoms with Gasteiger partial charge < -0.3 is 5.32 Å². The summed E-state index contributed by atoms with van der Waals surface area (Å²) in [6.45, 7) is 6.60. The molecule has 1 N–H and O–H groups in total. The predicted molar refractivity (Wildman–Crippen MR) is 111 cm³/mol. The monoisotopic (exact) mass is 371 g/mol. The van der Waals surface area contributed by atoms with Crippen molar-refractivity contribution in [3.63, 3.8) is 0 Å². The molecule has 0 bridgehead atoms. The van der Waals surface area contributed by atoms with Crippen LogP contribution in [0.3, 0.4) is 0 Å². The minimum absolute atomic E-state index is 0.773. The average Bonchev–Trinajstić information content (AvgIpc) is 3.30. The van der Waals surface area contributed by atoms with Crippen LogP contribution in [-0.2, 0) is 19.6 Å². The number of nitrogens with zero attached hydrogens (tertiary/aromatic N) is 4. The SMILES string of the molecule is Cc1nn(Cc2ccccc2)c(C)c1CNCc1cnn(-c2ccccc2)c1. The van der Waals surface area contributed by atoms with Crippen LogP contribution in [0.4, 0.5) is 0 Å². The Bertz CT molecular complexity index is 1030. The fraction of sp³-hybridized carbons (Fsp3) is 0.217. The van der Waals surface area contributed by atoms with Crippen LogP contribution in [0.1, 0.15) is 28.1 Å². The van der Waals surface area contributed by atoms with Gasteiger partial charge in [-0.2, -0.15) is 10.2 Å². The maximum absolute atomic E-state index is 4.74. The Morgan fingerprint density at radius 3 is 2.32 bits per heavy atom. The highest BCUT2D eigenvalue weighted by Gasteiger charge is 2.11. The maximum Gasteiger partial charge on any atom is 0.0662 e. The highest BCUT2D eigenvalue weighted by Crippen LogP contribution is 2.15. The molecule has 5 nitrogen and oxygen atoms in total. The van der Waals surface area contributed by atoms with Crippen LogP contribution in [0, 0.1) is 13.8 Å². The minimum atomic E-state index is 0.773. The molecule has 2 aromatic heterocycles. The van der Waals surface area contributed by atoms with Gasteiger partial charge in [-0.15, -0.1) is 0 Å². The van der Waals surface area contributed by atoms with Crippen molar-refractivity contribution >= 4 is 0 Å². The lowest BCUT2D eigenvalue weighted by molar-refractivity contribution is 0.653. The summed E-state index contributed by atoms with van der Waals surface area (Å²) in [4.78, 5) is 0. The molecule has 28 heavy (non-hydrogen) atoms. The fourth-order valence-electron chi connectivity index (χ4n) is 3.41. The molecule has 0 fully saturated rings. The smallest absolute Gasteiger partial charge is 0.0662 e. The first kappa shape index (κ1) is 18.2. The van der Waals surface area contributed by atoms with Crippen molar-refractivity contribution in [1.29, 1.82) is 0 Å². The lowest BCUT2D eigenvalue weighted by Gasteiger charge is -2.07. The fourth-order valence-corrected chi connectivity index (χ4v) is 3.41. The van der Waals surface area contributed by atoms with E-state index in [0.29, 0.717) is 0 Å². The zero-order chi connectivity index (χ0) is 19.3. The van der Waals surface area contributed by atoms with Crippen molar-refractivity contribution in [2.24, 2.45) is 0 Å². The Kier molecular flexibility index (Phi) is 5.35. The van der Waals surface area contributed by atoms with Crippen molar-refractivity contribution in [3.8, 4) is 5.69 Å². The van der Waals surface area contributed by atoms with Gasteiger partial charge in [0.15, 0.2) is 0 Å². The van der Waals surface area contributed by atoms with Gasteiger partial charge in [0, 0.05) is 36.1 Å². The summed E-state index contributed by atoms with van der Waals surface area (Å²) in [5.41, 5.74) is 7.07. The highest BCUT2D eigenvalue weighted by atomic mass is 15.3. The molecule has 0 aliphatic carbocycles. The molecule has 5 heteroatoms. The van der Waals surface area contributed by atoms with Crippen LogP contribution in [0.2, 0.25) is 0 Å². The van der Waals surface area contributed by atoms with E-state index >= 15 is 0 Å². The second-order valence-corrected chi connectivity index (χ2v) is 7.02. The lowest BCUT2D eigenvalue weighted by Crippen LogP contribution is -2.13. The van der Waals surface area contributed by atoms with Gasteiger partial charge in [-0.05, 0) is 31.5 Å². The lowest BCUT2D eigenvalue weighted by atomic mass is 10.2. The molecule has 0 aliphatic heterocycles. The molecule has 0 saturated carbocycles. The van der Waals surface area contributed by atoms with Gasteiger partial charge in [-0.3, -0.25) is 4.68 Å². The summed E-state index contributed by atoms with van der Waals surface area (Å²) in [6, 6.07) is 20.6. The van der Waals surface area contributed by atoms with E-state index in [1.54, 1.807) is 0 Å². The van der Waals surface area contributed by atoms with Crippen LogP contribution < -0.4 is 5.32 Å². The molecule has 2 heterocycles. The van der Waals surface area contributed by atoms with Crippen LogP contribution in [0.5, 0.6) is 0 Å². The number of rotatable bonds is 7. The number of aromatic nitrogens is 4. The third-order valence-electron chi connectivity index (χ3n) is 4.99. The van der Waals surface area contributed by atoms with E-state index in [2.05, 4.69) is 71.5 Å². The molecule has 2 aromatic carbocycles. The second-order valence-electron chi connectivity index (χ2n) is 7.02. The summed E-state index contributed by atoms with van der Waals surface area (Å²) in [7, 11) is 0. The molecule has 0 atom stereocenters. The van der Waals surface area contributed by atoms with E-state index < -0.39 is 0 Å². The molecule has 0 aliphatic rings. The average molecular weight is 371 g/mol. The number of nitrogens with one attached hydrogen (secondary N) is 1. The number of hydrogen-bond acceptors (Lipinski definition) is 3. The van der Waals surface area contributed by atoms with E-state index in [1.165, 1.54) is 16.8 Å². The Morgan fingerprint density at radius 1 is 0.857 bits per heavy atom. The normalized spacial score (nSPS) is 11.1. The van der Waals surface area contributed by atoms with Crippen LogP contribution in [0.15, 0.2) is 73.1 Å². The summed E-state index contributed by atoms with van der Waals surface area (Å²) in [5.74, 6) is 0. The first-order chi connectivity index (χ1) is 13.7. The molecule has 0 saturated heterocycles. The third-order valence-corrected chi connectivity index (χ3v) is 4.99. The van der Waals surface area contributed by atoms with E-state index in [-0.39, 0.29) is 0 Å². The quantitative estimate of drug-likeness (QED) is 0.534. The molecule has 4 rings (SSSR count). The van der Waals surface area contributed by atoms with Crippen LogP contribution in [-0.4, -0.2) is 19.6 Å². The largest absolute Gasteiger partial charge is 0.308 e. The van der Waals surface area contributed by atoms with Gasteiger partial charge in [0.05, 0.1) is 24.1 Å². The number of benzene rings is 2. The Morgan fingerprint density at radius 2 is 1.57 bits per heavy atom. The summed E-state index contributed by atoms with van der Waals surface area (Å²) in [6.07, 6.45) is 3.99. The zero-order valence-electron chi connectivity index (χ0n) is 16.3. The van der Waals surface area contributed by atoms with Crippen molar-refractivity contribution in [1.82, 2.24) is 24.9 Å². The first-order valence-electron chi connectivity index (χ1n) is 9.57. The summed E-state index contributed by atoms with van der Waals surface area (Å²) in [5, 5.41) is 12.7. The Labute approximate surface area is 165 Å². The van der Waals surface area contributed by atoms with Crippen molar-refractivity contribution in [3.05, 3.63) is 101 Å². The predicted octanol–water partition coefficient (Wildman–Crippen LogP) is 4.02. The van der Waals surface area contributed by atoms with Gasteiger partial charge in [-0.1, -0.05) is 48.5 Å². The van der Waals surface area contributed by atoms with E-state index in [4.69, 9.17) is 5.10 Å². The number of hydrogen-bond donors (Lipinski definition) is 1. The van der Waals surface area contributed by atoms with Gasteiger partial charge in [0.1, 0.15) is 0 Å². The first-order valence-corrected chi connectivity index (χ1v) is 9.57. The molecule has 142 valence electrons. The zero-order valence-corrected chi connectivity index (χ0v) is 16.3. The van der Waals surface area contributed by atoms with E-state index in [1.807, 2.05) is 35.1 Å². The summed E-state index contributed by atoms with van der Waals surface area (Å²) >= 11 is 0. The standard InChI is InChI=1S/C23H25N5/c1-18-23(19(2)27(26-18)16-20-9-5-3-6-10-20)15-24-13-21-14-25-28(17-21)22-11-7-4-8-12-22/h3-12,14,17,24H,13,15-16H2,1-2H3. The van der Waals surface area contributed by atoms with Crippen molar-refractivity contribution in [2.45, 2.75) is 33.5 Å². The molecular weight excluding hydrogens is 346 g/mol. The molecule has 0 unspecified atom stereocenters.